The van der Waals surface area contributed by atoms with Crippen LogP contribution in [0.5, 0.6) is 0 Å². The Hall–Kier alpha value is -0.650. The predicted molar refractivity (Wildman–Crippen MR) is 75.2 cm³/mol. The van der Waals surface area contributed by atoms with E-state index < -0.39 is 5.79 Å². The van der Waals surface area contributed by atoms with Crippen molar-refractivity contribution in [3.63, 3.8) is 0 Å². The molecule has 1 rings (SSSR count). The Kier molecular flexibility index (Phi) is 8.11. The summed E-state index contributed by atoms with van der Waals surface area (Å²) in [5, 5.41) is 0. The van der Waals surface area contributed by atoms with Crippen molar-refractivity contribution >= 4 is 5.97 Å². The molecule has 1 saturated heterocycles. The number of carbonyl (C=O) groups is 1. The SMILES string of the molecule is COC(=O)CCCCCCCC1(OC)CCC(OC)O1. The quantitative estimate of drug-likeness (QED) is 0.457. The fourth-order valence-electron chi connectivity index (χ4n) is 2.59. The van der Waals surface area contributed by atoms with Crippen LogP contribution in [0.15, 0.2) is 0 Å². The predicted octanol–water partition coefficient (Wildman–Crippen LogP) is 3.02. The maximum atomic E-state index is 10.9. The van der Waals surface area contributed by atoms with Crippen LogP contribution in [-0.4, -0.2) is 39.4 Å². The Morgan fingerprint density at radius 1 is 1.15 bits per heavy atom. The molecule has 0 saturated carbocycles. The second-order valence-corrected chi connectivity index (χ2v) is 5.28. The summed E-state index contributed by atoms with van der Waals surface area (Å²) < 4.78 is 21.2. The van der Waals surface area contributed by atoms with Crippen molar-refractivity contribution in [2.75, 3.05) is 21.3 Å². The number of carbonyl (C=O) groups excluding carboxylic acids is 1. The van der Waals surface area contributed by atoms with Gasteiger partial charge >= 0.3 is 5.97 Å². The summed E-state index contributed by atoms with van der Waals surface area (Å²) in [6.45, 7) is 0. The van der Waals surface area contributed by atoms with E-state index in [0.717, 1.165) is 51.4 Å². The van der Waals surface area contributed by atoms with Crippen molar-refractivity contribution in [3.8, 4) is 0 Å². The highest BCUT2D eigenvalue weighted by Gasteiger charge is 2.39. The van der Waals surface area contributed by atoms with E-state index >= 15 is 0 Å². The molecular weight excluding hydrogens is 260 g/mol. The number of methoxy groups -OCH3 is 3. The minimum atomic E-state index is -0.452. The van der Waals surface area contributed by atoms with Crippen LogP contribution in [0.1, 0.15) is 57.8 Å². The van der Waals surface area contributed by atoms with E-state index in [1.54, 1.807) is 14.2 Å². The van der Waals surface area contributed by atoms with Crippen LogP contribution >= 0.6 is 0 Å². The van der Waals surface area contributed by atoms with Crippen LogP contribution in [0.25, 0.3) is 0 Å². The molecule has 0 aliphatic carbocycles. The molecule has 1 aliphatic rings. The molecule has 0 amide bonds. The van der Waals surface area contributed by atoms with Gasteiger partial charge in [-0.25, -0.2) is 0 Å². The molecule has 0 radical (unpaired) electrons. The van der Waals surface area contributed by atoms with E-state index in [-0.39, 0.29) is 12.3 Å². The first-order chi connectivity index (χ1) is 9.65. The minimum absolute atomic E-state index is 0.117. The van der Waals surface area contributed by atoms with Crippen molar-refractivity contribution in [3.05, 3.63) is 0 Å². The second-order valence-electron chi connectivity index (χ2n) is 5.28. The summed E-state index contributed by atoms with van der Waals surface area (Å²) in [7, 11) is 4.80. The van der Waals surface area contributed by atoms with Crippen LogP contribution in [0, 0.1) is 0 Å². The van der Waals surface area contributed by atoms with E-state index in [4.69, 9.17) is 14.2 Å². The zero-order valence-corrected chi connectivity index (χ0v) is 13.0. The molecule has 1 fully saturated rings. The van der Waals surface area contributed by atoms with Gasteiger partial charge in [0.1, 0.15) is 0 Å². The summed E-state index contributed by atoms with van der Waals surface area (Å²) in [6.07, 6.45) is 8.39. The second kappa shape index (κ2) is 9.32. The lowest BCUT2D eigenvalue weighted by Gasteiger charge is -2.27. The molecule has 1 heterocycles. The first kappa shape index (κ1) is 17.4. The Morgan fingerprint density at radius 3 is 2.45 bits per heavy atom. The van der Waals surface area contributed by atoms with Gasteiger partial charge in [-0.15, -0.1) is 0 Å². The molecular formula is C15H28O5. The molecule has 0 aromatic rings. The van der Waals surface area contributed by atoms with Crippen LogP contribution in [0.4, 0.5) is 0 Å². The topological polar surface area (TPSA) is 54.0 Å². The Labute approximate surface area is 121 Å². The zero-order valence-electron chi connectivity index (χ0n) is 13.0. The lowest BCUT2D eigenvalue weighted by Crippen LogP contribution is -2.31. The molecule has 118 valence electrons. The van der Waals surface area contributed by atoms with Gasteiger partial charge in [0.05, 0.1) is 7.11 Å². The van der Waals surface area contributed by atoms with Crippen LogP contribution in [0.2, 0.25) is 0 Å². The number of unbranched alkanes of at least 4 members (excludes halogenated alkanes) is 4. The summed E-state index contributed by atoms with van der Waals surface area (Å²) in [6, 6.07) is 0. The summed E-state index contributed by atoms with van der Waals surface area (Å²) in [4.78, 5) is 10.9. The Bertz CT molecular complexity index is 281. The van der Waals surface area contributed by atoms with Gasteiger partial charge in [-0.1, -0.05) is 19.3 Å². The largest absolute Gasteiger partial charge is 0.469 e. The molecule has 0 aromatic carbocycles. The molecule has 20 heavy (non-hydrogen) atoms. The van der Waals surface area contributed by atoms with Crippen LogP contribution in [-0.2, 0) is 23.7 Å². The molecule has 0 N–H and O–H groups in total. The van der Waals surface area contributed by atoms with E-state index in [0.29, 0.717) is 6.42 Å². The minimum Gasteiger partial charge on any atom is -0.469 e. The zero-order chi connectivity index (χ0) is 14.8. The Balaban J connectivity index is 2.06. The summed E-state index contributed by atoms with van der Waals surface area (Å²) >= 11 is 0. The number of rotatable bonds is 10. The van der Waals surface area contributed by atoms with Gasteiger partial charge in [-0.05, 0) is 12.8 Å². The maximum Gasteiger partial charge on any atom is 0.305 e. The first-order valence-corrected chi connectivity index (χ1v) is 7.48. The average Bonchev–Trinajstić information content (AvgIpc) is 2.90. The third-order valence-electron chi connectivity index (χ3n) is 3.91. The van der Waals surface area contributed by atoms with E-state index in [1.807, 2.05) is 0 Å². The van der Waals surface area contributed by atoms with Gasteiger partial charge in [-0.3, -0.25) is 4.79 Å². The van der Waals surface area contributed by atoms with E-state index in [2.05, 4.69) is 4.74 Å². The van der Waals surface area contributed by atoms with Crippen molar-refractivity contribution in [1.82, 2.24) is 0 Å². The van der Waals surface area contributed by atoms with Gasteiger partial charge in [0, 0.05) is 39.9 Å². The monoisotopic (exact) mass is 288 g/mol. The lowest BCUT2D eigenvalue weighted by molar-refractivity contribution is -0.259. The van der Waals surface area contributed by atoms with Gasteiger partial charge < -0.3 is 18.9 Å². The van der Waals surface area contributed by atoms with Crippen LogP contribution in [0.3, 0.4) is 0 Å². The van der Waals surface area contributed by atoms with E-state index in [9.17, 15) is 4.79 Å². The third-order valence-corrected chi connectivity index (χ3v) is 3.91. The molecule has 5 heteroatoms. The fourth-order valence-corrected chi connectivity index (χ4v) is 2.59. The maximum absolute atomic E-state index is 10.9. The molecule has 0 spiro atoms. The van der Waals surface area contributed by atoms with Gasteiger partial charge in [-0.2, -0.15) is 0 Å². The van der Waals surface area contributed by atoms with Crippen LogP contribution < -0.4 is 0 Å². The molecule has 1 aliphatic heterocycles. The number of esters is 1. The highest BCUT2D eigenvalue weighted by atomic mass is 16.8. The molecule has 2 unspecified atom stereocenters. The van der Waals surface area contributed by atoms with Gasteiger partial charge in [0.2, 0.25) is 0 Å². The smallest absolute Gasteiger partial charge is 0.305 e. The average molecular weight is 288 g/mol. The van der Waals surface area contributed by atoms with Crippen molar-refractivity contribution in [2.24, 2.45) is 0 Å². The van der Waals surface area contributed by atoms with Crippen molar-refractivity contribution in [1.29, 1.82) is 0 Å². The fraction of sp³-hybridized carbons (Fsp3) is 0.933. The van der Waals surface area contributed by atoms with Gasteiger partial charge in [0.25, 0.3) is 0 Å². The van der Waals surface area contributed by atoms with Crippen molar-refractivity contribution < 1.29 is 23.7 Å². The number of ether oxygens (including phenoxy) is 4. The summed E-state index contributed by atoms with van der Waals surface area (Å²) in [5.74, 6) is -0.569. The van der Waals surface area contributed by atoms with Gasteiger partial charge in [0.15, 0.2) is 12.1 Å². The highest BCUT2D eigenvalue weighted by Crippen LogP contribution is 2.35. The number of hydrogen-bond acceptors (Lipinski definition) is 5. The third kappa shape index (κ3) is 5.77. The lowest BCUT2D eigenvalue weighted by atomic mass is 10.0. The molecule has 5 nitrogen and oxygen atoms in total. The summed E-state index contributed by atoms with van der Waals surface area (Å²) in [5.41, 5.74) is 0. The normalized spacial score (nSPS) is 25.9. The first-order valence-electron chi connectivity index (χ1n) is 7.48. The molecule has 0 aromatic heterocycles. The highest BCUT2D eigenvalue weighted by molar-refractivity contribution is 5.68. The number of hydrogen-bond donors (Lipinski definition) is 0. The molecule has 2 atom stereocenters. The Morgan fingerprint density at radius 2 is 1.85 bits per heavy atom. The van der Waals surface area contributed by atoms with Crippen molar-refractivity contribution in [2.45, 2.75) is 69.9 Å². The molecule has 0 bridgehead atoms. The van der Waals surface area contributed by atoms with E-state index in [1.165, 1.54) is 7.11 Å². The standard InChI is InChI=1S/C15H28O5/c1-17-13(16)9-7-5-4-6-8-11-15(19-3)12-10-14(18-2)20-15/h14H,4-12H2,1-3H3.